The Morgan fingerprint density at radius 2 is 1.92 bits per heavy atom. The quantitative estimate of drug-likeness (QED) is 0.415. The average molecular weight is 351 g/mol. The predicted octanol–water partition coefficient (Wildman–Crippen LogP) is 3.83. The lowest BCUT2D eigenvalue weighted by molar-refractivity contribution is 0.0204. The SMILES string of the molecule is C#Cc1ccc(-c2nnc(NC)c3ccccc23)c(OCOCC)c1F. The number of nitrogens with zero attached hydrogens (tertiary/aromatic N) is 2. The highest BCUT2D eigenvalue weighted by molar-refractivity contribution is 6.00. The molecule has 0 saturated heterocycles. The molecule has 3 rings (SSSR count). The van der Waals surface area contributed by atoms with E-state index in [2.05, 4.69) is 21.4 Å². The molecular formula is C20H18FN3O2. The first-order chi connectivity index (χ1) is 12.7. The fraction of sp³-hybridized carbons (Fsp3) is 0.200. The normalized spacial score (nSPS) is 10.5. The van der Waals surface area contributed by atoms with Crippen LogP contribution in [0.3, 0.4) is 0 Å². The van der Waals surface area contributed by atoms with Gasteiger partial charge < -0.3 is 14.8 Å². The maximum Gasteiger partial charge on any atom is 0.189 e. The zero-order valence-electron chi connectivity index (χ0n) is 14.5. The molecule has 1 aromatic heterocycles. The van der Waals surface area contributed by atoms with Crippen LogP contribution >= 0.6 is 0 Å². The molecule has 132 valence electrons. The van der Waals surface area contributed by atoms with E-state index in [1.807, 2.05) is 31.2 Å². The number of anilines is 1. The number of aromatic nitrogens is 2. The highest BCUT2D eigenvalue weighted by Crippen LogP contribution is 2.37. The second-order valence-electron chi connectivity index (χ2n) is 5.40. The predicted molar refractivity (Wildman–Crippen MR) is 99.5 cm³/mol. The van der Waals surface area contributed by atoms with Crippen LogP contribution in [0.4, 0.5) is 10.2 Å². The standard InChI is InChI=1S/C20H18FN3O2/c1-4-13-10-11-16(19(17(13)21)26-12-25-5-2)18-14-8-6-7-9-15(14)20(22-3)24-23-18/h1,6-11H,5,12H2,2-3H3,(H,22,24). The zero-order valence-corrected chi connectivity index (χ0v) is 14.5. The molecule has 5 nitrogen and oxygen atoms in total. The van der Waals surface area contributed by atoms with Gasteiger partial charge in [0.15, 0.2) is 24.2 Å². The van der Waals surface area contributed by atoms with E-state index in [0.717, 1.165) is 10.8 Å². The van der Waals surface area contributed by atoms with Crippen molar-refractivity contribution in [3.63, 3.8) is 0 Å². The summed E-state index contributed by atoms with van der Waals surface area (Å²) in [6.45, 7) is 2.19. The van der Waals surface area contributed by atoms with Gasteiger partial charge in [-0.15, -0.1) is 16.6 Å². The molecule has 0 saturated carbocycles. The first kappa shape index (κ1) is 17.6. The second-order valence-corrected chi connectivity index (χ2v) is 5.40. The van der Waals surface area contributed by atoms with Crippen LogP contribution in [0.2, 0.25) is 0 Å². The Kier molecular flexibility index (Phi) is 5.30. The molecule has 0 amide bonds. The van der Waals surface area contributed by atoms with Gasteiger partial charge in [0.2, 0.25) is 0 Å². The van der Waals surface area contributed by atoms with Crippen LogP contribution in [-0.4, -0.2) is 30.6 Å². The molecule has 0 bridgehead atoms. The minimum absolute atomic E-state index is 0.00515. The lowest BCUT2D eigenvalue weighted by Gasteiger charge is -2.15. The van der Waals surface area contributed by atoms with Crippen molar-refractivity contribution in [2.75, 3.05) is 25.8 Å². The third-order valence-electron chi connectivity index (χ3n) is 3.92. The van der Waals surface area contributed by atoms with Gasteiger partial charge in [-0.05, 0) is 19.1 Å². The van der Waals surface area contributed by atoms with Gasteiger partial charge in [0.1, 0.15) is 5.69 Å². The second kappa shape index (κ2) is 7.81. The molecule has 0 unspecified atom stereocenters. The van der Waals surface area contributed by atoms with E-state index in [9.17, 15) is 4.39 Å². The van der Waals surface area contributed by atoms with Crippen LogP contribution in [-0.2, 0) is 4.74 Å². The molecule has 26 heavy (non-hydrogen) atoms. The number of ether oxygens (including phenoxy) is 2. The lowest BCUT2D eigenvalue weighted by Crippen LogP contribution is -2.07. The van der Waals surface area contributed by atoms with E-state index in [4.69, 9.17) is 15.9 Å². The third-order valence-corrected chi connectivity index (χ3v) is 3.92. The number of halogens is 1. The Bertz CT molecular complexity index is 983. The Balaban J connectivity index is 2.22. The van der Waals surface area contributed by atoms with Gasteiger partial charge in [0, 0.05) is 30.0 Å². The molecule has 1 N–H and O–H groups in total. The van der Waals surface area contributed by atoms with Crippen LogP contribution < -0.4 is 10.1 Å². The fourth-order valence-corrected chi connectivity index (χ4v) is 2.67. The van der Waals surface area contributed by atoms with E-state index in [1.54, 1.807) is 13.1 Å². The van der Waals surface area contributed by atoms with E-state index < -0.39 is 5.82 Å². The highest BCUT2D eigenvalue weighted by atomic mass is 19.1. The number of hydrogen-bond donors (Lipinski definition) is 1. The van der Waals surface area contributed by atoms with Gasteiger partial charge in [-0.3, -0.25) is 0 Å². The summed E-state index contributed by atoms with van der Waals surface area (Å²) in [5.74, 6) is 2.35. The van der Waals surface area contributed by atoms with Crippen molar-refractivity contribution in [1.82, 2.24) is 10.2 Å². The zero-order chi connectivity index (χ0) is 18.5. The highest BCUT2D eigenvalue weighted by Gasteiger charge is 2.19. The number of terminal acetylenes is 1. The van der Waals surface area contributed by atoms with Gasteiger partial charge >= 0.3 is 0 Å². The van der Waals surface area contributed by atoms with Crippen LogP contribution in [0.1, 0.15) is 12.5 Å². The summed E-state index contributed by atoms with van der Waals surface area (Å²) in [6, 6.07) is 10.8. The molecule has 6 heteroatoms. The van der Waals surface area contributed by atoms with Crippen LogP contribution in [0, 0.1) is 18.2 Å². The summed E-state index contributed by atoms with van der Waals surface area (Å²) in [6.07, 6.45) is 5.38. The number of rotatable bonds is 6. The minimum atomic E-state index is -0.617. The van der Waals surface area contributed by atoms with E-state index in [0.29, 0.717) is 23.7 Å². The van der Waals surface area contributed by atoms with Gasteiger partial charge in [-0.2, -0.15) is 0 Å². The Labute approximate surface area is 151 Å². The van der Waals surface area contributed by atoms with Crippen molar-refractivity contribution >= 4 is 16.6 Å². The molecule has 1 heterocycles. The number of hydrogen-bond acceptors (Lipinski definition) is 5. The number of nitrogens with one attached hydrogen (secondary N) is 1. The van der Waals surface area contributed by atoms with Crippen LogP contribution in [0.15, 0.2) is 36.4 Å². The Hall–Kier alpha value is -3.17. The monoisotopic (exact) mass is 351 g/mol. The summed E-state index contributed by atoms with van der Waals surface area (Å²) >= 11 is 0. The molecule has 3 aromatic rings. The topological polar surface area (TPSA) is 56.3 Å². The van der Waals surface area contributed by atoms with E-state index in [1.165, 1.54) is 6.07 Å². The number of fused-ring (bicyclic) bond motifs is 1. The van der Waals surface area contributed by atoms with Crippen molar-refractivity contribution in [3.05, 3.63) is 47.8 Å². The van der Waals surface area contributed by atoms with Crippen LogP contribution in [0.25, 0.3) is 22.0 Å². The molecule has 0 spiro atoms. The summed E-state index contributed by atoms with van der Waals surface area (Å²) in [5.41, 5.74) is 1.09. The van der Waals surface area contributed by atoms with Gasteiger partial charge in [0.25, 0.3) is 0 Å². The van der Waals surface area contributed by atoms with E-state index >= 15 is 0 Å². The summed E-state index contributed by atoms with van der Waals surface area (Å²) < 4.78 is 25.5. The maximum absolute atomic E-state index is 14.8. The van der Waals surface area contributed by atoms with Crippen molar-refractivity contribution in [3.8, 4) is 29.4 Å². The van der Waals surface area contributed by atoms with Crippen LogP contribution in [0.5, 0.6) is 5.75 Å². The number of benzene rings is 2. The Morgan fingerprint density at radius 1 is 1.15 bits per heavy atom. The maximum atomic E-state index is 14.8. The molecule has 2 aromatic carbocycles. The van der Waals surface area contributed by atoms with Crippen molar-refractivity contribution in [1.29, 1.82) is 0 Å². The van der Waals surface area contributed by atoms with Gasteiger partial charge in [-0.25, -0.2) is 4.39 Å². The first-order valence-electron chi connectivity index (χ1n) is 8.14. The molecule has 0 aliphatic rings. The molecule has 0 fully saturated rings. The largest absolute Gasteiger partial charge is 0.464 e. The minimum Gasteiger partial charge on any atom is -0.464 e. The van der Waals surface area contributed by atoms with Gasteiger partial charge in [-0.1, -0.05) is 30.2 Å². The molecule has 0 aliphatic heterocycles. The summed E-state index contributed by atoms with van der Waals surface area (Å²) in [7, 11) is 1.77. The molecule has 0 atom stereocenters. The summed E-state index contributed by atoms with van der Waals surface area (Å²) in [4.78, 5) is 0. The average Bonchev–Trinajstić information content (AvgIpc) is 2.68. The van der Waals surface area contributed by atoms with Crippen molar-refractivity contribution in [2.24, 2.45) is 0 Å². The molecule has 0 aliphatic carbocycles. The van der Waals surface area contributed by atoms with Crippen molar-refractivity contribution < 1.29 is 13.9 Å². The Morgan fingerprint density at radius 3 is 2.62 bits per heavy atom. The first-order valence-corrected chi connectivity index (χ1v) is 8.14. The lowest BCUT2D eigenvalue weighted by atomic mass is 10.0. The molecule has 0 radical (unpaired) electrons. The fourth-order valence-electron chi connectivity index (χ4n) is 2.67. The van der Waals surface area contributed by atoms with Gasteiger partial charge in [0.05, 0.1) is 5.56 Å². The van der Waals surface area contributed by atoms with Crippen molar-refractivity contribution in [2.45, 2.75) is 6.92 Å². The summed E-state index contributed by atoms with van der Waals surface area (Å²) in [5, 5.41) is 13.2. The van der Waals surface area contributed by atoms with E-state index in [-0.39, 0.29) is 18.1 Å². The smallest absolute Gasteiger partial charge is 0.189 e. The molecular weight excluding hydrogens is 333 g/mol. The third kappa shape index (κ3) is 3.17.